The van der Waals surface area contributed by atoms with Gasteiger partial charge < -0.3 is 14.6 Å². The second-order valence-corrected chi connectivity index (χ2v) is 5.31. The molecule has 0 aliphatic rings. The number of hydrogen-bond acceptors (Lipinski definition) is 4. The maximum Gasteiger partial charge on any atom is 0.302 e. The molecule has 0 saturated carbocycles. The van der Waals surface area contributed by atoms with Gasteiger partial charge in [-0.05, 0) is 29.5 Å². The number of aliphatic hydroxyl groups excluding tert-OH is 1. The zero-order valence-corrected chi connectivity index (χ0v) is 13.1. The normalized spacial score (nSPS) is 13.3. The summed E-state index contributed by atoms with van der Waals surface area (Å²) < 4.78 is 10.2. The predicted octanol–water partition coefficient (Wildman–Crippen LogP) is 3.11. The molecule has 0 bridgehead atoms. The van der Waals surface area contributed by atoms with Crippen LogP contribution in [0.15, 0.2) is 29.8 Å². The van der Waals surface area contributed by atoms with Crippen LogP contribution >= 0.6 is 0 Å². The highest BCUT2D eigenvalue weighted by Crippen LogP contribution is 2.16. The molecule has 116 valence electrons. The molecular formula is C17H24O4. The predicted molar refractivity (Wildman–Crippen MR) is 82.8 cm³/mol. The molecule has 0 aliphatic carbocycles. The Morgan fingerprint density at radius 3 is 2.29 bits per heavy atom. The molecule has 1 aromatic rings. The summed E-state index contributed by atoms with van der Waals surface area (Å²) in [6, 6.07) is 8.20. The summed E-state index contributed by atoms with van der Waals surface area (Å²) >= 11 is 0. The summed E-state index contributed by atoms with van der Waals surface area (Å²) in [7, 11) is 0. The number of rotatable bonds is 7. The van der Waals surface area contributed by atoms with Crippen molar-refractivity contribution in [2.24, 2.45) is 0 Å². The zero-order chi connectivity index (χ0) is 15.8. The van der Waals surface area contributed by atoms with E-state index in [0.717, 1.165) is 11.1 Å². The highest BCUT2D eigenvalue weighted by atomic mass is 16.6. The molecule has 0 fully saturated rings. The van der Waals surface area contributed by atoms with Gasteiger partial charge in [-0.25, -0.2) is 0 Å². The van der Waals surface area contributed by atoms with E-state index in [2.05, 4.69) is 26.0 Å². The Bertz CT molecular complexity index is 472. The van der Waals surface area contributed by atoms with Gasteiger partial charge in [-0.2, -0.15) is 0 Å². The van der Waals surface area contributed by atoms with Gasteiger partial charge in [-0.15, -0.1) is 0 Å². The molecule has 0 saturated heterocycles. The quantitative estimate of drug-likeness (QED) is 0.619. The SMILES string of the molecule is CC(=O)OC/C(=C\c1ccc(C(C)C)cc1)COC(C)O. The third-order valence-corrected chi connectivity index (χ3v) is 2.94. The lowest BCUT2D eigenvalue weighted by atomic mass is 10.0. The molecule has 21 heavy (non-hydrogen) atoms. The van der Waals surface area contributed by atoms with Crippen LogP contribution in [0.1, 0.15) is 44.7 Å². The van der Waals surface area contributed by atoms with E-state index in [1.54, 1.807) is 6.92 Å². The Morgan fingerprint density at radius 2 is 1.81 bits per heavy atom. The van der Waals surface area contributed by atoms with Crippen molar-refractivity contribution >= 4 is 12.0 Å². The van der Waals surface area contributed by atoms with Crippen molar-refractivity contribution < 1.29 is 19.4 Å². The molecule has 0 aromatic heterocycles. The summed E-state index contributed by atoms with van der Waals surface area (Å²) in [5.74, 6) is 0.148. The number of hydrogen-bond donors (Lipinski definition) is 1. The van der Waals surface area contributed by atoms with Crippen molar-refractivity contribution in [1.29, 1.82) is 0 Å². The second kappa shape index (κ2) is 8.60. The van der Waals surface area contributed by atoms with Crippen molar-refractivity contribution in [2.45, 2.75) is 39.9 Å². The first-order valence-electron chi connectivity index (χ1n) is 7.11. The standard InChI is InChI=1S/C17H24O4/c1-12(2)17-7-5-15(6-8-17)9-16(10-20-13(3)18)11-21-14(4)19/h5-9,12-13,18H,10-11H2,1-4H3/b16-9-. The molecule has 4 heteroatoms. The molecular weight excluding hydrogens is 268 g/mol. The maximum absolute atomic E-state index is 10.9. The molecule has 1 atom stereocenters. The maximum atomic E-state index is 10.9. The smallest absolute Gasteiger partial charge is 0.302 e. The van der Waals surface area contributed by atoms with Gasteiger partial charge in [0.2, 0.25) is 0 Å². The van der Waals surface area contributed by atoms with Crippen molar-refractivity contribution in [3.05, 3.63) is 41.0 Å². The van der Waals surface area contributed by atoms with Crippen LogP contribution < -0.4 is 0 Å². The number of carbonyl (C=O) groups excluding carboxylic acids is 1. The lowest BCUT2D eigenvalue weighted by Crippen LogP contribution is -2.13. The van der Waals surface area contributed by atoms with E-state index in [-0.39, 0.29) is 19.2 Å². The first-order valence-corrected chi connectivity index (χ1v) is 7.11. The van der Waals surface area contributed by atoms with Gasteiger partial charge >= 0.3 is 5.97 Å². The Hall–Kier alpha value is -1.65. The summed E-state index contributed by atoms with van der Waals surface area (Å²) in [6.07, 6.45) is 1.06. The first kappa shape index (κ1) is 17.4. The van der Waals surface area contributed by atoms with Crippen molar-refractivity contribution in [2.75, 3.05) is 13.2 Å². The lowest BCUT2D eigenvalue weighted by molar-refractivity contribution is -0.140. The third kappa shape index (κ3) is 7.06. The van der Waals surface area contributed by atoms with E-state index in [0.29, 0.717) is 5.92 Å². The largest absolute Gasteiger partial charge is 0.461 e. The Balaban J connectivity index is 2.81. The Kier molecular flexibility index (Phi) is 7.12. The van der Waals surface area contributed by atoms with Crippen LogP contribution in [0.5, 0.6) is 0 Å². The number of carbonyl (C=O) groups is 1. The van der Waals surface area contributed by atoms with Crippen LogP contribution in [0.2, 0.25) is 0 Å². The average Bonchev–Trinajstić information content (AvgIpc) is 2.42. The Morgan fingerprint density at radius 1 is 1.19 bits per heavy atom. The van der Waals surface area contributed by atoms with Crippen LogP contribution in [0.25, 0.3) is 6.08 Å². The minimum atomic E-state index is -0.853. The van der Waals surface area contributed by atoms with Gasteiger partial charge in [-0.1, -0.05) is 44.2 Å². The fraction of sp³-hybridized carbons (Fsp3) is 0.471. The fourth-order valence-corrected chi connectivity index (χ4v) is 1.76. The minimum Gasteiger partial charge on any atom is -0.461 e. The van der Waals surface area contributed by atoms with Crippen LogP contribution in [0.3, 0.4) is 0 Å². The zero-order valence-electron chi connectivity index (χ0n) is 13.1. The minimum absolute atomic E-state index is 0.161. The molecule has 0 heterocycles. The van der Waals surface area contributed by atoms with Gasteiger partial charge in [-0.3, -0.25) is 4.79 Å². The molecule has 4 nitrogen and oxygen atoms in total. The van der Waals surface area contributed by atoms with Crippen LogP contribution in [0.4, 0.5) is 0 Å². The molecule has 1 aromatic carbocycles. The van der Waals surface area contributed by atoms with E-state index in [9.17, 15) is 9.90 Å². The van der Waals surface area contributed by atoms with Gasteiger partial charge in [0, 0.05) is 6.92 Å². The van der Waals surface area contributed by atoms with Crippen molar-refractivity contribution in [1.82, 2.24) is 0 Å². The van der Waals surface area contributed by atoms with E-state index in [1.807, 2.05) is 18.2 Å². The Labute approximate surface area is 126 Å². The molecule has 0 spiro atoms. The number of aliphatic hydroxyl groups is 1. The van der Waals surface area contributed by atoms with E-state index >= 15 is 0 Å². The fourth-order valence-electron chi connectivity index (χ4n) is 1.76. The summed E-state index contributed by atoms with van der Waals surface area (Å²) in [5.41, 5.74) is 3.08. The molecule has 1 rings (SSSR count). The van der Waals surface area contributed by atoms with Crippen molar-refractivity contribution in [3.63, 3.8) is 0 Å². The summed E-state index contributed by atoms with van der Waals surface area (Å²) in [5, 5.41) is 9.19. The van der Waals surface area contributed by atoms with Gasteiger partial charge in [0.15, 0.2) is 6.29 Å². The highest BCUT2D eigenvalue weighted by molar-refractivity contribution is 5.66. The van der Waals surface area contributed by atoms with E-state index < -0.39 is 6.29 Å². The van der Waals surface area contributed by atoms with E-state index in [4.69, 9.17) is 9.47 Å². The molecule has 1 unspecified atom stereocenters. The van der Waals surface area contributed by atoms with Crippen LogP contribution in [-0.4, -0.2) is 30.6 Å². The van der Waals surface area contributed by atoms with Crippen molar-refractivity contribution in [3.8, 4) is 0 Å². The van der Waals surface area contributed by atoms with Gasteiger partial charge in [0.05, 0.1) is 6.61 Å². The van der Waals surface area contributed by atoms with Crippen LogP contribution in [0, 0.1) is 0 Å². The van der Waals surface area contributed by atoms with Crippen LogP contribution in [-0.2, 0) is 14.3 Å². The monoisotopic (exact) mass is 292 g/mol. The molecule has 1 N–H and O–H groups in total. The highest BCUT2D eigenvalue weighted by Gasteiger charge is 2.05. The van der Waals surface area contributed by atoms with Gasteiger partial charge in [0.25, 0.3) is 0 Å². The number of esters is 1. The van der Waals surface area contributed by atoms with E-state index in [1.165, 1.54) is 12.5 Å². The average molecular weight is 292 g/mol. The summed E-state index contributed by atoms with van der Waals surface area (Å²) in [6.45, 7) is 7.58. The summed E-state index contributed by atoms with van der Waals surface area (Å²) in [4.78, 5) is 10.9. The third-order valence-electron chi connectivity index (χ3n) is 2.94. The molecule has 0 amide bonds. The lowest BCUT2D eigenvalue weighted by Gasteiger charge is -2.11. The second-order valence-electron chi connectivity index (χ2n) is 5.31. The molecule has 0 radical (unpaired) electrons. The number of benzene rings is 1. The van der Waals surface area contributed by atoms with Gasteiger partial charge in [0.1, 0.15) is 6.61 Å². The topological polar surface area (TPSA) is 55.8 Å². The number of ether oxygens (including phenoxy) is 2. The first-order chi connectivity index (χ1) is 9.88. The molecule has 0 aliphatic heterocycles.